The maximum atomic E-state index is 12.7. The van der Waals surface area contributed by atoms with Crippen LogP contribution in [0.1, 0.15) is 27.2 Å². The molecule has 0 radical (unpaired) electrons. The molecule has 1 aromatic heterocycles. The SMILES string of the molecule is COc1cc(C#N)ccc1OC(=O)c1c(C)nn(Cc2ccccc2)c1Cl. The number of hydrogen-bond donors (Lipinski definition) is 0. The number of ether oxygens (including phenoxy) is 2. The summed E-state index contributed by atoms with van der Waals surface area (Å²) < 4.78 is 12.2. The van der Waals surface area contributed by atoms with Crippen molar-refractivity contribution in [3.63, 3.8) is 0 Å². The van der Waals surface area contributed by atoms with Gasteiger partial charge in [-0.15, -0.1) is 0 Å². The van der Waals surface area contributed by atoms with E-state index in [9.17, 15) is 4.79 Å². The Bertz CT molecular complexity index is 1020. The minimum absolute atomic E-state index is 0.194. The molecule has 6 nitrogen and oxygen atoms in total. The molecular formula is C20H16ClN3O3. The fourth-order valence-corrected chi connectivity index (χ4v) is 2.93. The van der Waals surface area contributed by atoms with Crippen LogP contribution in [0.2, 0.25) is 5.15 Å². The fourth-order valence-electron chi connectivity index (χ4n) is 2.62. The molecule has 0 N–H and O–H groups in total. The smallest absolute Gasteiger partial charge is 0.348 e. The molecular weight excluding hydrogens is 366 g/mol. The molecule has 0 saturated heterocycles. The zero-order valence-corrected chi connectivity index (χ0v) is 15.5. The molecule has 0 aliphatic carbocycles. The predicted octanol–water partition coefficient (Wildman–Crippen LogP) is 3.99. The summed E-state index contributed by atoms with van der Waals surface area (Å²) in [5.41, 5.74) is 2.07. The minimum atomic E-state index is -0.639. The fraction of sp³-hybridized carbons (Fsp3) is 0.150. The van der Waals surface area contributed by atoms with Crippen molar-refractivity contribution < 1.29 is 14.3 Å². The topological polar surface area (TPSA) is 77.1 Å². The van der Waals surface area contributed by atoms with Crippen molar-refractivity contribution in [3.05, 3.63) is 76.1 Å². The molecule has 136 valence electrons. The van der Waals surface area contributed by atoms with Crippen LogP contribution in [0.5, 0.6) is 11.5 Å². The summed E-state index contributed by atoms with van der Waals surface area (Å²) in [5.74, 6) is -0.152. The van der Waals surface area contributed by atoms with Gasteiger partial charge in [0.1, 0.15) is 10.7 Å². The lowest BCUT2D eigenvalue weighted by molar-refractivity contribution is 0.0729. The summed E-state index contributed by atoms with van der Waals surface area (Å²) in [6, 6.07) is 16.2. The number of methoxy groups -OCH3 is 1. The maximum Gasteiger partial charge on any atom is 0.348 e. The summed E-state index contributed by atoms with van der Waals surface area (Å²) in [6.45, 7) is 2.13. The highest BCUT2D eigenvalue weighted by Gasteiger charge is 2.23. The van der Waals surface area contributed by atoms with E-state index in [1.54, 1.807) is 17.7 Å². The molecule has 2 aromatic carbocycles. The summed E-state index contributed by atoms with van der Waals surface area (Å²) in [7, 11) is 1.43. The first-order valence-electron chi connectivity index (χ1n) is 8.10. The van der Waals surface area contributed by atoms with Gasteiger partial charge in [-0.1, -0.05) is 41.9 Å². The van der Waals surface area contributed by atoms with Gasteiger partial charge in [0.05, 0.1) is 31.0 Å². The van der Waals surface area contributed by atoms with Gasteiger partial charge in [-0.3, -0.25) is 0 Å². The second-order valence-electron chi connectivity index (χ2n) is 5.76. The van der Waals surface area contributed by atoms with E-state index < -0.39 is 5.97 Å². The van der Waals surface area contributed by atoms with E-state index in [-0.39, 0.29) is 22.2 Å². The van der Waals surface area contributed by atoms with Crippen molar-refractivity contribution in [3.8, 4) is 17.6 Å². The number of carbonyl (C=O) groups excluding carboxylic acids is 1. The van der Waals surface area contributed by atoms with Crippen LogP contribution in [0.4, 0.5) is 0 Å². The predicted molar refractivity (Wildman–Crippen MR) is 100 cm³/mol. The normalized spacial score (nSPS) is 10.3. The standard InChI is InChI=1S/C20H16ClN3O3/c1-13-18(19(21)24(23-13)12-14-6-4-3-5-7-14)20(25)27-16-9-8-15(11-22)10-17(16)26-2/h3-10H,12H2,1-2H3. The number of nitriles is 1. The Hall–Kier alpha value is -3.30. The third-order valence-electron chi connectivity index (χ3n) is 3.94. The third-order valence-corrected chi connectivity index (χ3v) is 4.32. The molecule has 0 aliphatic rings. The van der Waals surface area contributed by atoms with Crippen molar-refractivity contribution in [1.82, 2.24) is 9.78 Å². The van der Waals surface area contributed by atoms with E-state index in [4.69, 9.17) is 26.3 Å². The summed E-state index contributed by atoms with van der Waals surface area (Å²) >= 11 is 6.39. The molecule has 0 unspecified atom stereocenters. The molecule has 3 rings (SSSR count). The van der Waals surface area contributed by atoms with Gasteiger partial charge in [-0.25, -0.2) is 9.48 Å². The Labute approximate surface area is 161 Å². The lowest BCUT2D eigenvalue weighted by atomic mass is 10.2. The largest absolute Gasteiger partial charge is 0.493 e. The van der Waals surface area contributed by atoms with Crippen molar-refractivity contribution in [1.29, 1.82) is 5.26 Å². The first-order chi connectivity index (χ1) is 13.0. The molecule has 0 aliphatic heterocycles. The van der Waals surface area contributed by atoms with Gasteiger partial charge in [-0.2, -0.15) is 10.4 Å². The van der Waals surface area contributed by atoms with Gasteiger partial charge in [0.15, 0.2) is 11.5 Å². The van der Waals surface area contributed by atoms with Crippen LogP contribution in [-0.4, -0.2) is 22.9 Å². The molecule has 0 bridgehead atoms. The van der Waals surface area contributed by atoms with Crippen LogP contribution in [-0.2, 0) is 6.54 Å². The number of aromatic nitrogens is 2. The number of nitrogens with zero attached hydrogens (tertiary/aromatic N) is 3. The van der Waals surface area contributed by atoms with Crippen LogP contribution in [0.15, 0.2) is 48.5 Å². The first kappa shape index (κ1) is 18.5. The first-order valence-corrected chi connectivity index (χ1v) is 8.48. The maximum absolute atomic E-state index is 12.7. The van der Waals surface area contributed by atoms with Crippen molar-refractivity contribution in [2.75, 3.05) is 7.11 Å². The molecule has 0 amide bonds. The van der Waals surface area contributed by atoms with Crippen LogP contribution in [0.25, 0.3) is 0 Å². The van der Waals surface area contributed by atoms with E-state index >= 15 is 0 Å². The number of aryl methyl sites for hydroxylation is 1. The Kier molecular flexibility index (Phi) is 5.43. The molecule has 0 fully saturated rings. The average molecular weight is 382 g/mol. The lowest BCUT2D eigenvalue weighted by Gasteiger charge is -2.09. The number of esters is 1. The third kappa shape index (κ3) is 3.94. The van der Waals surface area contributed by atoms with Crippen molar-refractivity contribution >= 4 is 17.6 Å². The van der Waals surface area contributed by atoms with Crippen molar-refractivity contribution in [2.45, 2.75) is 13.5 Å². The second-order valence-corrected chi connectivity index (χ2v) is 6.12. The number of halogens is 1. The van der Waals surface area contributed by atoms with Crippen LogP contribution >= 0.6 is 11.6 Å². The number of hydrogen-bond acceptors (Lipinski definition) is 5. The zero-order chi connectivity index (χ0) is 19.4. The van der Waals surface area contributed by atoms with E-state index in [0.29, 0.717) is 17.8 Å². The molecule has 7 heteroatoms. The lowest BCUT2D eigenvalue weighted by Crippen LogP contribution is -2.11. The number of rotatable bonds is 5. The van der Waals surface area contributed by atoms with Gasteiger partial charge in [0.2, 0.25) is 0 Å². The van der Waals surface area contributed by atoms with Crippen LogP contribution < -0.4 is 9.47 Å². The number of carbonyl (C=O) groups is 1. The molecule has 0 saturated carbocycles. The van der Waals surface area contributed by atoms with Crippen LogP contribution in [0.3, 0.4) is 0 Å². The van der Waals surface area contributed by atoms with E-state index in [1.165, 1.54) is 19.2 Å². The summed E-state index contributed by atoms with van der Waals surface area (Å²) in [4.78, 5) is 12.7. The van der Waals surface area contributed by atoms with E-state index in [2.05, 4.69) is 5.10 Å². The zero-order valence-electron chi connectivity index (χ0n) is 14.8. The monoisotopic (exact) mass is 381 g/mol. The summed E-state index contributed by atoms with van der Waals surface area (Å²) in [6.07, 6.45) is 0. The molecule has 3 aromatic rings. The quantitative estimate of drug-likeness (QED) is 0.493. The second kappa shape index (κ2) is 7.94. The Morgan fingerprint density at radius 2 is 1.96 bits per heavy atom. The van der Waals surface area contributed by atoms with Gasteiger partial charge in [-0.05, 0) is 24.6 Å². The minimum Gasteiger partial charge on any atom is -0.493 e. The van der Waals surface area contributed by atoms with Gasteiger partial charge in [0.25, 0.3) is 0 Å². The molecule has 27 heavy (non-hydrogen) atoms. The van der Waals surface area contributed by atoms with Gasteiger partial charge >= 0.3 is 5.97 Å². The van der Waals surface area contributed by atoms with Gasteiger partial charge < -0.3 is 9.47 Å². The highest BCUT2D eigenvalue weighted by Crippen LogP contribution is 2.30. The Balaban J connectivity index is 1.87. The molecule has 0 atom stereocenters. The molecule has 1 heterocycles. The highest BCUT2D eigenvalue weighted by atomic mass is 35.5. The van der Waals surface area contributed by atoms with Crippen molar-refractivity contribution in [2.24, 2.45) is 0 Å². The van der Waals surface area contributed by atoms with Gasteiger partial charge in [0, 0.05) is 6.07 Å². The van der Waals surface area contributed by atoms with E-state index in [1.807, 2.05) is 36.4 Å². The summed E-state index contributed by atoms with van der Waals surface area (Å²) in [5, 5.41) is 13.5. The highest BCUT2D eigenvalue weighted by molar-refractivity contribution is 6.32. The Morgan fingerprint density at radius 3 is 2.63 bits per heavy atom. The number of benzene rings is 2. The Morgan fingerprint density at radius 1 is 1.22 bits per heavy atom. The van der Waals surface area contributed by atoms with E-state index in [0.717, 1.165) is 5.56 Å². The average Bonchev–Trinajstić information content (AvgIpc) is 2.96. The van der Waals surface area contributed by atoms with Crippen LogP contribution in [0, 0.1) is 18.3 Å². The molecule has 0 spiro atoms.